The number of Topliss-reactive ketones (excluding diaryl/α,β-unsaturated/α-hetero) is 1. The first kappa shape index (κ1) is 13.4. The first-order valence-corrected chi connectivity index (χ1v) is 7.76. The number of aromatic nitrogens is 3. The van der Waals surface area contributed by atoms with Gasteiger partial charge in [0.1, 0.15) is 6.33 Å². The first-order chi connectivity index (χ1) is 9.65. The SMILES string of the molecule is Cc1ccc(C(=O)CSc2nncn2C2CC2)cc1C. The van der Waals surface area contributed by atoms with Crippen LogP contribution >= 0.6 is 11.8 Å². The molecule has 3 rings (SSSR count). The summed E-state index contributed by atoms with van der Waals surface area (Å²) in [5.74, 6) is 0.553. The number of hydrogen-bond acceptors (Lipinski definition) is 4. The van der Waals surface area contributed by atoms with Crippen LogP contribution in [-0.2, 0) is 0 Å². The van der Waals surface area contributed by atoms with Gasteiger partial charge in [0, 0.05) is 11.6 Å². The van der Waals surface area contributed by atoms with Gasteiger partial charge in [-0.2, -0.15) is 0 Å². The lowest BCUT2D eigenvalue weighted by atomic mass is 10.0. The number of carbonyl (C=O) groups excluding carboxylic acids is 1. The van der Waals surface area contributed by atoms with Gasteiger partial charge in [0.25, 0.3) is 0 Å². The van der Waals surface area contributed by atoms with E-state index in [2.05, 4.69) is 21.7 Å². The number of aryl methyl sites for hydroxylation is 2. The molecule has 0 spiro atoms. The van der Waals surface area contributed by atoms with Crippen LogP contribution in [0.1, 0.15) is 40.4 Å². The van der Waals surface area contributed by atoms with Crippen molar-refractivity contribution in [2.24, 2.45) is 0 Å². The number of hydrogen-bond donors (Lipinski definition) is 0. The van der Waals surface area contributed by atoms with Crippen LogP contribution in [0.5, 0.6) is 0 Å². The quantitative estimate of drug-likeness (QED) is 0.626. The minimum atomic E-state index is 0.142. The first-order valence-electron chi connectivity index (χ1n) is 6.78. The van der Waals surface area contributed by atoms with E-state index in [4.69, 9.17) is 0 Å². The largest absolute Gasteiger partial charge is 0.306 e. The average Bonchev–Trinajstić information content (AvgIpc) is 3.18. The molecule has 0 bridgehead atoms. The van der Waals surface area contributed by atoms with Crippen molar-refractivity contribution in [1.29, 1.82) is 0 Å². The monoisotopic (exact) mass is 287 g/mol. The van der Waals surface area contributed by atoms with Crippen molar-refractivity contribution < 1.29 is 4.79 Å². The van der Waals surface area contributed by atoms with Gasteiger partial charge in [-0.1, -0.05) is 23.9 Å². The Balaban J connectivity index is 1.66. The lowest BCUT2D eigenvalue weighted by molar-refractivity contribution is 0.102. The third-order valence-corrected chi connectivity index (χ3v) is 4.60. The van der Waals surface area contributed by atoms with Crippen LogP contribution in [0.3, 0.4) is 0 Å². The Morgan fingerprint density at radius 1 is 1.35 bits per heavy atom. The van der Waals surface area contributed by atoms with Gasteiger partial charge in [-0.3, -0.25) is 4.79 Å². The molecule has 5 heteroatoms. The summed E-state index contributed by atoms with van der Waals surface area (Å²) in [4.78, 5) is 12.2. The van der Waals surface area contributed by atoms with E-state index in [1.54, 1.807) is 6.33 Å². The Bertz CT molecular complexity index is 646. The van der Waals surface area contributed by atoms with Crippen LogP contribution in [-0.4, -0.2) is 26.3 Å². The molecule has 0 unspecified atom stereocenters. The molecule has 20 heavy (non-hydrogen) atoms. The van der Waals surface area contributed by atoms with E-state index in [0.717, 1.165) is 16.3 Å². The van der Waals surface area contributed by atoms with Crippen molar-refractivity contribution in [2.75, 3.05) is 5.75 Å². The number of nitrogens with zero attached hydrogens (tertiary/aromatic N) is 3. The van der Waals surface area contributed by atoms with Gasteiger partial charge in [0.15, 0.2) is 10.9 Å². The number of carbonyl (C=O) groups is 1. The zero-order chi connectivity index (χ0) is 14.1. The lowest BCUT2D eigenvalue weighted by Gasteiger charge is -2.05. The summed E-state index contributed by atoms with van der Waals surface area (Å²) in [6.07, 6.45) is 4.15. The minimum Gasteiger partial charge on any atom is -0.306 e. The van der Waals surface area contributed by atoms with Crippen LogP contribution in [0.25, 0.3) is 0 Å². The lowest BCUT2D eigenvalue weighted by Crippen LogP contribution is -2.05. The molecule has 1 aromatic carbocycles. The predicted molar refractivity (Wildman–Crippen MR) is 79.3 cm³/mol. The molecule has 1 aliphatic carbocycles. The molecule has 0 atom stereocenters. The summed E-state index contributed by atoms with van der Waals surface area (Å²) in [6, 6.07) is 6.41. The molecule has 1 aliphatic rings. The molecule has 104 valence electrons. The zero-order valence-electron chi connectivity index (χ0n) is 11.7. The second-order valence-electron chi connectivity index (χ2n) is 5.26. The van der Waals surface area contributed by atoms with Crippen molar-refractivity contribution >= 4 is 17.5 Å². The number of benzene rings is 1. The Morgan fingerprint density at radius 2 is 2.15 bits per heavy atom. The van der Waals surface area contributed by atoms with E-state index in [-0.39, 0.29) is 5.78 Å². The summed E-state index contributed by atoms with van der Waals surface area (Å²) in [5, 5.41) is 8.89. The van der Waals surface area contributed by atoms with E-state index in [1.165, 1.54) is 30.2 Å². The van der Waals surface area contributed by atoms with Gasteiger partial charge in [0.05, 0.1) is 5.75 Å². The molecule has 0 N–H and O–H groups in total. The van der Waals surface area contributed by atoms with E-state index >= 15 is 0 Å². The fraction of sp³-hybridized carbons (Fsp3) is 0.400. The molecule has 1 heterocycles. The van der Waals surface area contributed by atoms with Gasteiger partial charge < -0.3 is 4.57 Å². The van der Waals surface area contributed by atoms with Crippen LogP contribution in [0.4, 0.5) is 0 Å². The van der Waals surface area contributed by atoms with Gasteiger partial charge in [-0.05, 0) is 43.9 Å². The summed E-state index contributed by atoms with van der Waals surface area (Å²) in [5.41, 5.74) is 3.14. The van der Waals surface area contributed by atoms with Crippen LogP contribution < -0.4 is 0 Å². The highest BCUT2D eigenvalue weighted by atomic mass is 32.2. The molecule has 0 radical (unpaired) electrons. The maximum absolute atomic E-state index is 12.2. The predicted octanol–water partition coefficient (Wildman–Crippen LogP) is 3.20. The molecule has 2 aromatic rings. The summed E-state index contributed by atoms with van der Waals surface area (Å²) in [6.45, 7) is 4.08. The second kappa shape index (κ2) is 5.40. The van der Waals surface area contributed by atoms with Crippen molar-refractivity contribution in [3.63, 3.8) is 0 Å². The van der Waals surface area contributed by atoms with E-state index < -0.39 is 0 Å². The summed E-state index contributed by atoms with van der Waals surface area (Å²) < 4.78 is 2.08. The highest BCUT2D eigenvalue weighted by Crippen LogP contribution is 2.37. The number of thioether (sulfide) groups is 1. The topological polar surface area (TPSA) is 47.8 Å². The van der Waals surface area contributed by atoms with E-state index in [9.17, 15) is 4.79 Å². The van der Waals surface area contributed by atoms with E-state index in [1.807, 2.05) is 25.1 Å². The van der Waals surface area contributed by atoms with Crippen molar-refractivity contribution in [1.82, 2.24) is 14.8 Å². The fourth-order valence-electron chi connectivity index (χ4n) is 2.07. The standard InChI is InChI=1S/C15H17N3OS/c1-10-3-4-12(7-11(10)2)14(19)8-20-15-17-16-9-18(15)13-5-6-13/h3-4,7,9,13H,5-6,8H2,1-2H3. The molecule has 0 amide bonds. The highest BCUT2D eigenvalue weighted by Gasteiger charge is 2.26. The second-order valence-corrected chi connectivity index (χ2v) is 6.21. The highest BCUT2D eigenvalue weighted by molar-refractivity contribution is 7.99. The summed E-state index contributed by atoms with van der Waals surface area (Å²) in [7, 11) is 0. The third-order valence-electron chi connectivity index (χ3n) is 3.64. The molecule has 1 saturated carbocycles. The van der Waals surface area contributed by atoms with Crippen molar-refractivity contribution in [3.05, 3.63) is 41.2 Å². The molecule has 4 nitrogen and oxygen atoms in total. The Kier molecular flexibility index (Phi) is 3.61. The van der Waals surface area contributed by atoms with Crippen molar-refractivity contribution in [2.45, 2.75) is 37.9 Å². The van der Waals surface area contributed by atoms with Gasteiger partial charge in [-0.25, -0.2) is 0 Å². The third kappa shape index (κ3) is 2.77. The van der Waals surface area contributed by atoms with Crippen molar-refractivity contribution in [3.8, 4) is 0 Å². The molecular formula is C15H17N3OS. The smallest absolute Gasteiger partial charge is 0.191 e. The maximum Gasteiger partial charge on any atom is 0.191 e. The fourth-order valence-corrected chi connectivity index (χ4v) is 2.94. The molecule has 1 fully saturated rings. The molecule has 0 aliphatic heterocycles. The molecular weight excluding hydrogens is 270 g/mol. The van der Waals surface area contributed by atoms with Gasteiger partial charge in [-0.15, -0.1) is 10.2 Å². The Morgan fingerprint density at radius 3 is 2.85 bits per heavy atom. The Hall–Kier alpha value is -1.62. The van der Waals surface area contributed by atoms with Crippen LogP contribution in [0.15, 0.2) is 29.7 Å². The van der Waals surface area contributed by atoms with E-state index in [0.29, 0.717) is 11.8 Å². The Labute approximate surface area is 122 Å². The maximum atomic E-state index is 12.2. The molecule has 1 aromatic heterocycles. The van der Waals surface area contributed by atoms with Gasteiger partial charge in [0.2, 0.25) is 0 Å². The number of ketones is 1. The number of rotatable bonds is 5. The van der Waals surface area contributed by atoms with Crippen LogP contribution in [0.2, 0.25) is 0 Å². The average molecular weight is 287 g/mol. The summed E-state index contributed by atoms with van der Waals surface area (Å²) >= 11 is 1.47. The normalized spacial score (nSPS) is 14.5. The molecule has 0 saturated heterocycles. The zero-order valence-corrected chi connectivity index (χ0v) is 12.5. The van der Waals surface area contributed by atoms with Gasteiger partial charge >= 0.3 is 0 Å². The van der Waals surface area contributed by atoms with Crippen LogP contribution in [0, 0.1) is 13.8 Å². The minimum absolute atomic E-state index is 0.142.